The number of fused-ring (bicyclic) bond motifs is 1. The van der Waals surface area contributed by atoms with Gasteiger partial charge < -0.3 is 30.8 Å². The first-order valence-electron chi connectivity index (χ1n) is 10.7. The second-order valence-electron chi connectivity index (χ2n) is 7.82. The minimum absolute atomic E-state index is 0.0489. The highest BCUT2D eigenvalue weighted by Crippen LogP contribution is 2.32. The van der Waals surface area contributed by atoms with Crippen LogP contribution in [0, 0.1) is 5.41 Å². The fourth-order valence-electron chi connectivity index (χ4n) is 4.06. The summed E-state index contributed by atoms with van der Waals surface area (Å²) in [7, 11) is 0. The lowest BCUT2D eigenvalue weighted by atomic mass is 9.92. The molecule has 2 heterocycles. The Morgan fingerprint density at radius 3 is 2.68 bits per heavy atom. The molecular weight excluding hydrogens is 396 g/mol. The molecule has 0 radical (unpaired) electrons. The molecular formula is C22H28N6O3. The number of aromatic nitrogens is 2. The van der Waals surface area contributed by atoms with Gasteiger partial charge in [0.2, 0.25) is 0 Å². The van der Waals surface area contributed by atoms with E-state index in [0.717, 1.165) is 67.5 Å². The Hall–Kier alpha value is -3.20. The first-order valence-corrected chi connectivity index (χ1v) is 10.7. The zero-order chi connectivity index (χ0) is 21.6. The molecule has 2 aromatic rings. The lowest BCUT2D eigenvalue weighted by molar-refractivity contribution is -0.118. The molecule has 1 amide bonds. The van der Waals surface area contributed by atoms with Crippen molar-refractivity contribution in [2.24, 2.45) is 5.73 Å². The summed E-state index contributed by atoms with van der Waals surface area (Å²) < 4.78 is 11.9. The van der Waals surface area contributed by atoms with Gasteiger partial charge in [-0.25, -0.2) is 4.98 Å². The molecule has 1 aromatic carbocycles. The standard InChI is InChI=1S/C22H28N6O3/c23-6-5-18(24)22(29)27-15-1-3-17(4-2-15)31-20-14-16(28-9-11-30-12-10-28)13-19-21(20)26-8-7-25-19/h5-8,13-15,17,23H,1-4,9-12,24H2,(H,27,29). The van der Waals surface area contributed by atoms with Crippen molar-refractivity contribution in [3.8, 4) is 5.75 Å². The average molecular weight is 425 g/mol. The highest BCUT2D eigenvalue weighted by atomic mass is 16.5. The number of hydrogen-bond acceptors (Lipinski definition) is 8. The number of ether oxygens (including phenoxy) is 2. The topological polar surface area (TPSA) is 126 Å². The Kier molecular flexibility index (Phi) is 6.61. The maximum Gasteiger partial charge on any atom is 0.267 e. The van der Waals surface area contributed by atoms with Crippen molar-refractivity contribution < 1.29 is 14.3 Å². The van der Waals surface area contributed by atoms with Crippen molar-refractivity contribution in [3.05, 3.63) is 36.3 Å². The maximum absolute atomic E-state index is 12.0. The number of allylic oxidation sites excluding steroid dienone is 1. The van der Waals surface area contributed by atoms with E-state index in [2.05, 4.69) is 32.3 Å². The molecule has 0 unspecified atom stereocenters. The molecule has 0 atom stereocenters. The van der Waals surface area contributed by atoms with Crippen molar-refractivity contribution in [1.82, 2.24) is 15.3 Å². The van der Waals surface area contributed by atoms with Gasteiger partial charge in [-0.05, 0) is 37.8 Å². The number of carbonyl (C=O) groups is 1. The van der Waals surface area contributed by atoms with Crippen LogP contribution in [-0.2, 0) is 9.53 Å². The van der Waals surface area contributed by atoms with Gasteiger partial charge in [0.1, 0.15) is 11.3 Å². The molecule has 31 heavy (non-hydrogen) atoms. The van der Waals surface area contributed by atoms with Crippen LogP contribution in [0.3, 0.4) is 0 Å². The first kappa shape index (κ1) is 21.0. The summed E-state index contributed by atoms with van der Waals surface area (Å²) in [4.78, 5) is 23.3. The lowest BCUT2D eigenvalue weighted by Gasteiger charge is -2.31. The second kappa shape index (κ2) is 9.74. The predicted octanol–water partition coefficient (Wildman–Crippen LogP) is 1.76. The second-order valence-corrected chi connectivity index (χ2v) is 7.82. The van der Waals surface area contributed by atoms with E-state index in [1.807, 2.05) is 0 Å². The number of hydrogen-bond donors (Lipinski definition) is 3. The summed E-state index contributed by atoms with van der Waals surface area (Å²) >= 11 is 0. The van der Waals surface area contributed by atoms with Gasteiger partial charge in [0.15, 0.2) is 0 Å². The van der Waals surface area contributed by atoms with Crippen molar-refractivity contribution in [1.29, 1.82) is 5.41 Å². The molecule has 1 aliphatic carbocycles. The SMILES string of the molecule is N=CC=C(N)C(=O)NC1CCC(Oc2cc(N3CCOCC3)cc3nccnc23)CC1. The molecule has 1 saturated carbocycles. The van der Waals surface area contributed by atoms with Gasteiger partial charge in [-0.2, -0.15) is 0 Å². The average Bonchev–Trinajstić information content (AvgIpc) is 2.81. The number of anilines is 1. The first-order chi connectivity index (χ1) is 15.1. The Morgan fingerprint density at radius 2 is 1.94 bits per heavy atom. The number of amides is 1. The van der Waals surface area contributed by atoms with E-state index in [1.54, 1.807) is 12.4 Å². The molecule has 0 spiro atoms. The van der Waals surface area contributed by atoms with Gasteiger partial charge in [0, 0.05) is 49.5 Å². The number of morpholine rings is 1. The monoisotopic (exact) mass is 424 g/mol. The maximum atomic E-state index is 12.0. The summed E-state index contributed by atoms with van der Waals surface area (Å²) in [5.41, 5.74) is 8.35. The third-order valence-electron chi connectivity index (χ3n) is 5.73. The van der Waals surface area contributed by atoms with Crippen LogP contribution in [-0.4, -0.2) is 60.5 Å². The van der Waals surface area contributed by atoms with Gasteiger partial charge >= 0.3 is 0 Å². The molecule has 164 valence electrons. The minimum Gasteiger partial charge on any atom is -0.488 e. The van der Waals surface area contributed by atoms with Crippen LogP contribution in [0.25, 0.3) is 11.0 Å². The Balaban J connectivity index is 1.43. The molecule has 2 fully saturated rings. The molecule has 2 aliphatic rings. The van der Waals surface area contributed by atoms with Gasteiger partial charge in [0.05, 0.1) is 30.5 Å². The van der Waals surface area contributed by atoms with Crippen molar-refractivity contribution in [3.63, 3.8) is 0 Å². The van der Waals surface area contributed by atoms with Crippen molar-refractivity contribution in [2.75, 3.05) is 31.2 Å². The Bertz CT molecular complexity index is 965. The van der Waals surface area contributed by atoms with Crippen LogP contribution in [0.15, 0.2) is 36.3 Å². The van der Waals surface area contributed by atoms with E-state index in [1.165, 1.54) is 6.08 Å². The lowest BCUT2D eigenvalue weighted by Crippen LogP contribution is -2.41. The van der Waals surface area contributed by atoms with Crippen LogP contribution in [0.5, 0.6) is 5.75 Å². The highest BCUT2D eigenvalue weighted by Gasteiger charge is 2.25. The fraction of sp³-hybridized carbons (Fsp3) is 0.455. The minimum atomic E-state index is -0.327. The van der Waals surface area contributed by atoms with Crippen molar-refractivity contribution in [2.45, 2.75) is 37.8 Å². The summed E-state index contributed by atoms with van der Waals surface area (Å²) in [6.45, 7) is 3.10. The number of nitrogens with one attached hydrogen (secondary N) is 2. The van der Waals surface area contributed by atoms with Crippen LogP contribution in [0.1, 0.15) is 25.7 Å². The van der Waals surface area contributed by atoms with E-state index in [4.69, 9.17) is 20.6 Å². The zero-order valence-corrected chi connectivity index (χ0v) is 17.4. The van der Waals surface area contributed by atoms with Crippen LogP contribution in [0.2, 0.25) is 0 Å². The number of nitrogens with zero attached hydrogens (tertiary/aromatic N) is 3. The largest absolute Gasteiger partial charge is 0.488 e. The van der Waals surface area contributed by atoms with Crippen molar-refractivity contribution >= 4 is 28.8 Å². The molecule has 1 aliphatic heterocycles. The molecule has 1 aromatic heterocycles. The van der Waals surface area contributed by atoms with Crippen LogP contribution in [0.4, 0.5) is 5.69 Å². The smallest absolute Gasteiger partial charge is 0.267 e. The van der Waals surface area contributed by atoms with Gasteiger partial charge in [-0.1, -0.05) is 0 Å². The van der Waals surface area contributed by atoms with Crippen LogP contribution < -0.4 is 20.7 Å². The van der Waals surface area contributed by atoms with E-state index in [9.17, 15) is 4.79 Å². The molecule has 1 saturated heterocycles. The molecule has 9 heteroatoms. The number of benzene rings is 1. The van der Waals surface area contributed by atoms with E-state index >= 15 is 0 Å². The van der Waals surface area contributed by atoms with E-state index in [-0.39, 0.29) is 23.8 Å². The number of carbonyl (C=O) groups excluding carboxylic acids is 1. The van der Waals surface area contributed by atoms with Gasteiger partial charge in [0.25, 0.3) is 5.91 Å². The molecule has 4 rings (SSSR count). The third-order valence-corrected chi connectivity index (χ3v) is 5.73. The quantitative estimate of drug-likeness (QED) is 0.476. The third kappa shape index (κ3) is 5.11. The van der Waals surface area contributed by atoms with Crippen LogP contribution >= 0.6 is 0 Å². The summed E-state index contributed by atoms with van der Waals surface area (Å²) in [6, 6.07) is 4.17. The number of nitrogens with two attached hydrogens (primary N) is 1. The highest BCUT2D eigenvalue weighted by molar-refractivity contribution is 5.96. The molecule has 0 bridgehead atoms. The number of rotatable bonds is 6. The Labute approximate surface area is 181 Å². The molecule has 9 nitrogen and oxygen atoms in total. The van der Waals surface area contributed by atoms with E-state index < -0.39 is 0 Å². The fourth-order valence-corrected chi connectivity index (χ4v) is 4.06. The van der Waals surface area contributed by atoms with Gasteiger partial charge in [-0.3, -0.25) is 9.78 Å². The summed E-state index contributed by atoms with van der Waals surface area (Å²) in [5, 5.41) is 9.96. The zero-order valence-electron chi connectivity index (χ0n) is 17.4. The van der Waals surface area contributed by atoms with Gasteiger partial charge in [-0.15, -0.1) is 0 Å². The van der Waals surface area contributed by atoms with E-state index in [0.29, 0.717) is 13.2 Å². The normalized spacial score (nSPS) is 22.2. The summed E-state index contributed by atoms with van der Waals surface area (Å²) in [5.74, 6) is 0.421. The summed E-state index contributed by atoms with van der Waals surface area (Å²) in [6.07, 6.45) is 8.99. The Morgan fingerprint density at radius 1 is 1.19 bits per heavy atom. The molecule has 4 N–H and O–H groups in total. The predicted molar refractivity (Wildman–Crippen MR) is 118 cm³/mol.